The summed E-state index contributed by atoms with van der Waals surface area (Å²) >= 11 is 5.94. The smallest absolute Gasteiger partial charge is 0.0529 e. The van der Waals surface area contributed by atoms with Crippen molar-refractivity contribution >= 4 is 11.6 Å². The second-order valence-corrected chi connectivity index (χ2v) is 7.02. The van der Waals surface area contributed by atoms with Gasteiger partial charge in [0.15, 0.2) is 0 Å². The Hall–Kier alpha value is -1.22. The van der Waals surface area contributed by atoms with E-state index in [1.54, 1.807) is 0 Å². The number of rotatable bonds is 4. The van der Waals surface area contributed by atoms with Crippen molar-refractivity contribution in [1.29, 1.82) is 0 Å². The molecule has 1 aliphatic carbocycles. The van der Waals surface area contributed by atoms with Gasteiger partial charge in [0, 0.05) is 16.0 Å². The minimum Gasteiger partial charge on any atom is -0.300 e. The van der Waals surface area contributed by atoms with Crippen molar-refractivity contribution in [3.05, 3.63) is 45.3 Å². The largest absolute Gasteiger partial charge is 0.300 e. The quantitative estimate of drug-likeness (QED) is 0.446. The number of azide groups is 1. The molecule has 2 atom stereocenters. The van der Waals surface area contributed by atoms with Crippen LogP contribution >= 0.6 is 11.6 Å². The van der Waals surface area contributed by atoms with Gasteiger partial charge in [-0.1, -0.05) is 35.3 Å². The number of hydrogen-bond donors (Lipinski definition) is 0. The van der Waals surface area contributed by atoms with Crippen molar-refractivity contribution in [3.8, 4) is 0 Å². The molecule has 0 spiro atoms. The summed E-state index contributed by atoms with van der Waals surface area (Å²) in [5, 5.41) is 4.81. The van der Waals surface area contributed by atoms with Crippen LogP contribution in [0.5, 0.6) is 0 Å². The van der Waals surface area contributed by atoms with Crippen molar-refractivity contribution < 1.29 is 0 Å². The van der Waals surface area contributed by atoms with Gasteiger partial charge in [0.25, 0.3) is 0 Å². The third-order valence-electron chi connectivity index (χ3n) is 5.20. The molecule has 1 aliphatic heterocycles. The zero-order valence-corrected chi connectivity index (χ0v) is 13.6. The van der Waals surface area contributed by atoms with Gasteiger partial charge in [-0.3, -0.25) is 4.90 Å². The molecular weight excluding hydrogens is 296 g/mol. The van der Waals surface area contributed by atoms with Crippen LogP contribution in [0.15, 0.2) is 29.4 Å². The number of halogens is 1. The molecule has 5 heteroatoms. The topological polar surface area (TPSA) is 52.0 Å². The van der Waals surface area contributed by atoms with E-state index in [4.69, 9.17) is 17.1 Å². The Balaban J connectivity index is 1.52. The Morgan fingerprint density at radius 2 is 1.86 bits per heavy atom. The first-order valence-electron chi connectivity index (χ1n) is 8.29. The normalized spacial score (nSPS) is 26.8. The lowest BCUT2D eigenvalue weighted by atomic mass is 9.89. The zero-order valence-electron chi connectivity index (χ0n) is 12.9. The fraction of sp³-hybridized carbons (Fsp3) is 0.647. The van der Waals surface area contributed by atoms with Crippen molar-refractivity contribution in [2.45, 2.75) is 50.6 Å². The van der Waals surface area contributed by atoms with Crippen LogP contribution in [0, 0.1) is 5.92 Å². The lowest BCUT2D eigenvalue weighted by Gasteiger charge is -2.37. The van der Waals surface area contributed by atoms with Crippen LogP contribution in [0.2, 0.25) is 5.02 Å². The van der Waals surface area contributed by atoms with E-state index in [2.05, 4.69) is 27.1 Å². The number of likely N-dealkylation sites (tertiary alicyclic amines) is 1. The molecule has 0 aromatic heterocycles. The molecule has 0 N–H and O–H groups in total. The summed E-state index contributed by atoms with van der Waals surface area (Å²) in [6.07, 6.45) is 7.06. The highest BCUT2D eigenvalue weighted by Crippen LogP contribution is 2.31. The lowest BCUT2D eigenvalue weighted by molar-refractivity contribution is 0.125. The molecule has 0 radical (unpaired) electrons. The number of nitrogens with zero attached hydrogens (tertiary/aromatic N) is 4. The van der Waals surface area contributed by atoms with Crippen molar-refractivity contribution in [1.82, 2.24) is 4.90 Å². The molecule has 1 aromatic rings. The van der Waals surface area contributed by atoms with E-state index < -0.39 is 0 Å². The summed E-state index contributed by atoms with van der Waals surface area (Å²) in [4.78, 5) is 5.59. The average Bonchev–Trinajstić information content (AvgIpc) is 2.99. The van der Waals surface area contributed by atoms with Crippen LogP contribution in [0.1, 0.15) is 37.7 Å². The molecular formula is C17H23ClN4. The van der Waals surface area contributed by atoms with Gasteiger partial charge >= 0.3 is 0 Å². The fourth-order valence-electron chi connectivity index (χ4n) is 3.99. The number of benzene rings is 1. The maximum Gasteiger partial charge on any atom is 0.0529 e. The molecule has 2 fully saturated rings. The van der Waals surface area contributed by atoms with Gasteiger partial charge in [0.1, 0.15) is 0 Å². The Morgan fingerprint density at radius 3 is 2.55 bits per heavy atom. The summed E-state index contributed by atoms with van der Waals surface area (Å²) in [5.41, 5.74) is 10.1. The monoisotopic (exact) mass is 318 g/mol. The third-order valence-corrected chi connectivity index (χ3v) is 5.45. The van der Waals surface area contributed by atoms with Gasteiger partial charge in [-0.05, 0) is 74.3 Å². The minimum atomic E-state index is 0.192. The number of piperidine rings is 1. The molecule has 1 aromatic carbocycles. The summed E-state index contributed by atoms with van der Waals surface area (Å²) < 4.78 is 0. The lowest BCUT2D eigenvalue weighted by Crippen LogP contribution is -2.44. The summed E-state index contributed by atoms with van der Waals surface area (Å²) in [5.74, 6) is 0.761. The van der Waals surface area contributed by atoms with Crippen molar-refractivity contribution in [2.24, 2.45) is 11.0 Å². The predicted octanol–water partition coefficient (Wildman–Crippen LogP) is 4.83. The Morgan fingerprint density at radius 1 is 1.14 bits per heavy atom. The van der Waals surface area contributed by atoms with Gasteiger partial charge in [-0.25, -0.2) is 0 Å². The van der Waals surface area contributed by atoms with Crippen molar-refractivity contribution in [3.63, 3.8) is 0 Å². The zero-order chi connectivity index (χ0) is 15.4. The van der Waals surface area contributed by atoms with Gasteiger partial charge in [-0.2, -0.15) is 0 Å². The van der Waals surface area contributed by atoms with Crippen LogP contribution in [-0.4, -0.2) is 30.1 Å². The van der Waals surface area contributed by atoms with Crippen LogP contribution in [0.3, 0.4) is 0 Å². The first kappa shape index (κ1) is 15.7. The van der Waals surface area contributed by atoms with E-state index >= 15 is 0 Å². The molecule has 4 nitrogen and oxygen atoms in total. The van der Waals surface area contributed by atoms with Crippen LogP contribution in [-0.2, 0) is 6.42 Å². The molecule has 2 unspecified atom stereocenters. The Bertz CT molecular complexity index is 530. The predicted molar refractivity (Wildman–Crippen MR) is 90.0 cm³/mol. The second-order valence-electron chi connectivity index (χ2n) is 6.58. The van der Waals surface area contributed by atoms with E-state index in [0.29, 0.717) is 6.04 Å². The molecule has 2 aliphatic rings. The van der Waals surface area contributed by atoms with E-state index in [1.807, 2.05) is 12.1 Å². The standard InChI is InChI=1S/C17H23ClN4/c18-15-6-4-13(5-7-15)12-14-8-10-22(11-9-14)17-3-1-2-16(17)20-21-19/h4-7,14,16-17H,1-3,8-12H2. The highest BCUT2D eigenvalue weighted by atomic mass is 35.5. The van der Waals surface area contributed by atoms with E-state index in [9.17, 15) is 0 Å². The number of hydrogen-bond acceptors (Lipinski definition) is 2. The van der Waals surface area contributed by atoms with Gasteiger partial charge in [0.05, 0.1) is 6.04 Å². The highest BCUT2D eigenvalue weighted by molar-refractivity contribution is 6.30. The minimum absolute atomic E-state index is 0.192. The molecule has 1 saturated heterocycles. The van der Waals surface area contributed by atoms with E-state index in [-0.39, 0.29) is 6.04 Å². The maximum absolute atomic E-state index is 8.70. The summed E-state index contributed by atoms with van der Waals surface area (Å²) in [6, 6.07) is 8.92. The Labute approximate surface area is 137 Å². The highest BCUT2D eigenvalue weighted by Gasteiger charge is 2.33. The second kappa shape index (κ2) is 7.36. The molecule has 118 valence electrons. The Kier molecular flexibility index (Phi) is 5.24. The summed E-state index contributed by atoms with van der Waals surface area (Å²) in [6.45, 7) is 2.28. The molecule has 1 saturated carbocycles. The first-order chi connectivity index (χ1) is 10.8. The van der Waals surface area contributed by atoms with Gasteiger partial charge < -0.3 is 0 Å². The first-order valence-corrected chi connectivity index (χ1v) is 8.67. The fourth-order valence-corrected chi connectivity index (χ4v) is 4.12. The van der Waals surface area contributed by atoms with E-state index in [0.717, 1.165) is 36.9 Å². The molecule has 22 heavy (non-hydrogen) atoms. The molecule has 3 rings (SSSR count). The maximum atomic E-state index is 8.70. The molecule has 1 heterocycles. The van der Waals surface area contributed by atoms with E-state index in [1.165, 1.54) is 31.2 Å². The van der Waals surface area contributed by atoms with Crippen LogP contribution in [0.4, 0.5) is 0 Å². The van der Waals surface area contributed by atoms with Crippen LogP contribution in [0.25, 0.3) is 10.4 Å². The third kappa shape index (κ3) is 3.75. The summed E-state index contributed by atoms with van der Waals surface area (Å²) in [7, 11) is 0. The SMILES string of the molecule is [N-]=[N+]=NC1CCCC1N1CCC(Cc2ccc(Cl)cc2)CC1. The van der Waals surface area contributed by atoms with Crippen molar-refractivity contribution in [2.75, 3.05) is 13.1 Å². The average molecular weight is 319 g/mol. The molecule has 0 bridgehead atoms. The van der Waals surface area contributed by atoms with Gasteiger partial charge in [0.2, 0.25) is 0 Å². The molecule has 0 amide bonds. The van der Waals surface area contributed by atoms with Gasteiger partial charge in [-0.15, -0.1) is 0 Å². The van der Waals surface area contributed by atoms with Crippen LogP contribution < -0.4 is 0 Å².